The maximum atomic E-state index is 12.5. The highest BCUT2D eigenvalue weighted by Gasteiger charge is 2.64. The molecule has 1 fully saturated rings. The minimum absolute atomic E-state index is 0.0211. The Morgan fingerprint density at radius 1 is 1.39 bits per heavy atom. The number of carbonyl (C=O) groups excluding carboxylic acids is 1. The number of carboxylic acids is 1. The predicted molar refractivity (Wildman–Crippen MR) is 56.0 cm³/mol. The van der Waals surface area contributed by atoms with Crippen molar-refractivity contribution in [3.05, 3.63) is 0 Å². The molecule has 0 aliphatic heterocycles. The van der Waals surface area contributed by atoms with Crippen molar-refractivity contribution in [2.45, 2.75) is 37.9 Å². The Kier molecular flexibility index (Phi) is 4.08. The quantitative estimate of drug-likeness (QED) is 0.707. The van der Waals surface area contributed by atoms with Crippen molar-refractivity contribution in [2.75, 3.05) is 6.54 Å². The predicted octanol–water partition coefficient (Wildman–Crippen LogP) is 1.49. The summed E-state index contributed by atoms with van der Waals surface area (Å²) < 4.78 is 37.5. The summed E-state index contributed by atoms with van der Waals surface area (Å²) in [4.78, 5) is 21.7. The molecule has 0 aromatic rings. The Bertz CT molecular complexity index is 340. The van der Waals surface area contributed by atoms with Gasteiger partial charge in [-0.05, 0) is 19.3 Å². The first-order valence-electron chi connectivity index (χ1n) is 5.53. The van der Waals surface area contributed by atoms with Crippen molar-refractivity contribution in [1.29, 1.82) is 0 Å². The van der Waals surface area contributed by atoms with Crippen LogP contribution in [0.2, 0.25) is 0 Å². The third-order valence-corrected chi connectivity index (χ3v) is 2.93. The maximum absolute atomic E-state index is 12.5. The zero-order chi connectivity index (χ0) is 14.0. The van der Waals surface area contributed by atoms with Gasteiger partial charge in [-0.25, -0.2) is 4.79 Å². The Balaban J connectivity index is 2.29. The third-order valence-electron chi connectivity index (χ3n) is 2.93. The van der Waals surface area contributed by atoms with Gasteiger partial charge in [-0.1, -0.05) is 6.92 Å². The van der Waals surface area contributed by atoms with Crippen LogP contribution in [-0.2, 0) is 4.79 Å². The summed E-state index contributed by atoms with van der Waals surface area (Å²) >= 11 is 0. The Labute approximate surface area is 102 Å². The van der Waals surface area contributed by atoms with E-state index < -0.39 is 29.6 Å². The van der Waals surface area contributed by atoms with Gasteiger partial charge in [0.15, 0.2) is 0 Å². The van der Waals surface area contributed by atoms with Gasteiger partial charge >= 0.3 is 18.2 Å². The van der Waals surface area contributed by atoms with E-state index in [1.165, 1.54) is 6.92 Å². The van der Waals surface area contributed by atoms with E-state index in [4.69, 9.17) is 5.11 Å². The number of aliphatic carboxylic acids is 1. The van der Waals surface area contributed by atoms with E-state index >= 15 is 0 Å². The summed E-state index contributed by atoms with van der Waals surface area (Å²) in [5.41, 5.74) is -2.09. The lowest BCUT2D eigenvalue weighted by atomic mass is 10.1. The number of hydrogen-bond acceptors (Lipinski definition) is 2. The summed E-state index contributed by atoms with van der Waals surface area (Å²) in [6.07, 6.45) is -4.51. The molecule has 0 heterocycles. The van der Waals surface area contributed by atoms with Crippen molar-refractivity contribution < 1.29 is 27.9 Å². The second kappa shape index (κ2) is 5.03. The van der Waals surface area contributed by atoms with Crippen molar-refractivity contribution in [2.24, 2.45) is 5.92 Å². The van der Waals surface area contributed by atoms with Crippen molar-refractivity contribution in [1.82, 2.24) is 10.6 Å². The standard InChI is InChI=1S/C10H15F3N2O3/c1-6(7(16)17)2-5-14-8(18)15-9(3-4-9)10(11,12)13/h6H,2-5H2,1H3,(H,16,17)(H2,14,15,18). The van der Waals surface area contributed by atoms with E-state index in [2.05, 4.69) is 5.32 Å². The van der Waals surface area contributed by atoms with Gasteiger partial charge in [0.2, 0.25) is 0 Å². The Morgan fingerprint density at radius 2 is 1.94 bits per heavy atom. The van der Waals surface area contributed by atoms with E-state index in [-0.39, 0.29) is 25.8 Å². The number of halogens is 3. The molecule has 5 nitrogen and oxygen atoms in total. The molecule has 0 bridgehead atoms. The van der Waals surface area contributed by atoms with Gasteiger partial charge in [0.25, 0.3) is 0 Å². The molecule has 18 heavy (non-hydrogen) atoms. The number of nitrogens with one attached hydrogen (secondary N) is 2. The number of urea groups is 1. The summed E-state index contributed by atoms with van der Waals surface area (Å²) in [6, 6.07) is -0.914. The van der Waals surface area contributed by atoms with E-state index in [1.807, 2.05) is 5.32 Å². The number of carbonyl (C=O) groups is 2. The summed E-state index contributed by atoms with van der Waals surface area (Å²) in [5.74, 6) is -1.66. The van der Waals surface area contributed by atoms with Crippen LogP contribution in [0.5, 0.6) is 0 Å². The van der Waals surface area contributed by atoms with Crippen molar-refractivity contribution in [3.8, 4) is 0 Å². The molecule has 0 saturated heterocycles. The second-order valence-electron chi connectivity index (χ2n) is 4.49. The fourth-order valence-electron chi connectivity index (χ4n) is 1.39. The monoisotopic (exact) mass is 268 g/mol. The molecule has 1 saturated carbocycles. The van der Waals surface area contributed by atoms with Gasteiger partial charge < -0.3 is 15.7 Å². The van der Waals surface area contributed by atoms with Crippen molar-refractivity contribution >= 4 is 12.0 Å². The van der Waals surface area contributed by atoms with Crippen molar-refractivity contribution in [3.63, 3.8) is 0 Å². The van der Waals surface area contributed by atoms with Crippen LogP contribution in [0.15, 0.2) is 0 Å². The van der Waals surface area contributed by atoms with Crippen LogP contribution < -0.4 is 10.6 Å². The third kappa shape index (κ3) is 3.51. The molecule has 104 valence electrons. The lowest BCUT2D eigenvalue weighted by Crippen LogP contribution is -2.51. The van der Waals surface area contributed by atoms with Crippen LogP contribution in [0.1, 0.15) is 26.2 Å². The molecule has 1 aliphatic rings. The number of rotatable bonds is 5. The number of alkyl halides is 3. The van der Waals surface area contributed by atoms with E-state index in [1.54, 1.807) is 0 Å². The van der Waals surface area contributed by atoms with Gasteiger partial charge in [0.1, 0.15) is 5.54 Å². The first-order valence-corrected chi connectivity index (χ1v) is 5.53. The van der Waals surface area contributed by atoms with Gasteiger partial charge in [-0.3, -0.25) is 4.79 Å². The minimum atomic E-state index is -4.45. The van der Waals surface area contributed by atoms with Crippen LogP contribution >= 0.6 is 0 Å². The minimum Gasteiger partial charge on any atom is -0.481 e. The molecular weight excluding hydrogens is 253 g/mol. The van der Waals surface area contributed by atoms with Crippen LogP contribution in [0.25, 0.3) is 0 Å². The topological polar surface area (TPSA) is 78.4 Å². The molecule has 1 unspecified atom stereocenters. The summed E-state index contributed by atoms with van der Waals surface area (Å²) in [7, 11) is 0. The van der Waals surface area contributed by atoms with Crippen LogP contribution in [0, 0.1) is 5.92 Å². The Morgan fingerprint density at radius 3 is 2.33 bits per heavy atom. The normalized spacial score (nSPS) is 18.9. The lowest BCUT2D eigenvalue weighted by Gasteiger charge is -2.21. The van der Waals surface area contributed by atoms with E-state index in [0.29, 0.717) is 0 Å². The Hall–Kier alpha value is -1.47. The molecule has 1 aliphatic carbocycles. The second-order valence-corrected chi connectivity index (χ2v) is 4.49. The fraction of sp³-hybridized carbons (Fsp3) is 0.800. The average Bonchev–Trinajstić information content (AvgIpc) is 2.97. The molecule has 0 spiro atoms. The van der Waals surface area contributed by atoms with Gasteiger partial charge in [-0.2, -0.15) is 13.2 Å². The van der Waals surface area contributed by atoms with Crippen LogP contribution in [0.4, 0.5) is 18.0 Å². The first kappa shape index (κ1) is 14.6. The van der Waals surface area contributed by atoms with Crippen LogP contribution in [0.3, 0.4) is 0 Å². The molecule has 0 aromatic carbocycles. The highest BCUT2D eigenvalue weighted by molar-refractivity contribution is 5.75. The summed E-state index contributed by atoms with van der Waals surface area (Å²) in [5, 5.41) is 12.7. The largest absolute Gasteiger partial charge is 0.481 e. The molecule has 8 heteroatoms. The molecule has 1 rings (SSSR count). The summed E-state index contributed by atoms with van der Waals surface area (Å²) in [6.45, 7) is 1.48. The fourth-order valence-corrected chi connectivity index (χ4v) is 1.39. The average molecular weight is 268 g/mol. The highest BCUT2D eigenvalue weighted by Crippen LogP contribution is 2.48. The number of amides is 2. The molecular formula is C10H15F3N2O3. The van der Waals surface area contributed by atoms with Crippen LogP contribution in [-0.4, -0.2) is 35.4 Å². The molecule has 3 N–H and O–H groups in total. The maximum Gasteiger partial charge on any atom is 0.411 e. The van der Waals surface area contributed by atoms with E-state index in [0.717, 1.165) is 0 Å². The smallest absolute Gasteiger partial charge is 0.411 e. The molecule has 0 aromatic heterocycles. The molecule has 2 amide bonds. The first-order chi connectivity index (χ1) is 8.18. The number of hydrogen-bond donors (Lipinski definition) is 3. The highest BCUT2D eigenvalue weighted by atomic mass is 19.4. The SMILES string of the molecule is CC(CCNC(=O)NC1(C(F)(F)F)CC1)C(=O)O. The van der Waals surface area contributed by atoms with E-state index in [9.17, 15) is 22.8 Å². The zero-order valence-corrected chi connectivity index (χ0v) is 9.80. The van der Waals surface area contributed by atoms with Gasteiger partial charge in [0.05, 0.1) is 5.92 Å². The zero-order valence-electron chi connectivity index (χ0n) is 9.80. The molecule has 1 atom stereocenters. The van der Waals surface area contributed by atoms with Gasteiger partial charge in [-0.15, -0.1) is 0 Å². The lowest BCUT2D eigenvalue weighted by molar-refractivity contribution is -0.162. The van der Waals surface area contributed by atoms with Gasteiger partial charge in [0, 0.05) is 6.54 Å². The molecule has 0 radical (unpaired) electrons. The number of carboxylic acid groups (broad SMARTS) is 1.